The molecule has 0 aliphatic carbocycles. The van der Waals surface area contributed by atoms with Crippen LogP contribution >= 0.6 is 35.3 Å². The summed E-state index contributed by atoms with van der Waals surface area (Å²) >= 11 is 1.70. The Morgan fingerprint density at radius 3 is 2.44 bits per heavy atom. The van der Waals surface area contributed by atoms with Crippen LogP contribution in [0, 0.1) is 0 Å². The third-order valence-corrected chi connectivity index (χ3v) is 5.97. The predicted octanol–water partition coefficient (Wildman–Crippen LogP) is 2.46. The van der Waals surface area contributed by atoms with Crippen LogP contribution in [0.4, 0.5) is 5.13 Å². The number of aliphatic imine (C=N–C) groups is 1. The fourth-order valence-corrected chi connectivity index (χ4v) is 4.17. The minimum atomic E-state index is 0. The van der Waals surface area contributed by atoms with Gasteiger partial charge in [-0.25, -0.2) is 4.98 Å². The van der Waals surface area contributed by atoms with Crippen molar-refractivity contribution in [3.05, 3.63) is 11.6 Å². The maximum atomic E-state index is 6.28. The molecule has 0 bridgehead atoms. The van der Waals surface area contributed by atoms with Gasteiger partial charge in [0.25, 0.3) is 0 Å². The van der Waals surface area contributed by atoms with Gasteiger partial charge in [0, 0.05) is 43.3 Å². The van der Waals surface area contributed by atoms with Crippen LogP contribution in [0.1, 0.15) is 33.1 Å². The number of thiazole rings is 1. The summed E-state index contributed by atoms with van der Waals surface area (Å²) in [4.78, 5) is 16.2. The highest BCUT2D eigenvalue weighted by molar-refractivity contribution is 14.0. The second-order valence-electron chi connectivity index (χ2n) is 7.32. The lowest BCUT2D eigenvalue weighted by Crippen LogP contribution is -2.52. The first kappa shape index (κ1) is 20.7. The van der Waals surface area contributed by atoms with Gasteiger partial charge in [-0.3, -0.25) is 9.89 Å². The lowest BCUT2D eigenvalue weighted by molar-refractivity contribution is 0.102. The molecule has 142 valence electrons. The molecule has 2 aliphatic rings. The van der Waals surface area contributed by atoms with E-state index in [1.807, 2.05) is 11.6 Å². The zero-order valence-electron chi connectivity index (χ0n) is 15.4. The molecule has 0 unspecified atom stereocenters. The van der Waals surface area contributed by atoms with E-state index in [9.17, 15) is 0 Å². The monoisotopic (exact) mass is 478 g/mol. The second-order valence-corrected chi connectivity index (χ2v) is 8.20. The van der Waals surface area contributed by atoms with Gasteiger partial charge in [0.1, 0.15) is 0 Å². The summed E-state index contributed by atoms with van der Waals surface area (Å²) in [6.45, 7) is 11.5. The Labute approximate surface area is 172 Å². The average Bonchev–Trinajstić information content (AvgIpc) is 3.15. The molecule has 2 fully saturated rings. The van der Waals surface area contributed by atoms with Crippen molar-refractivity contribution >= 4 is 46.4 Å². The van der Waals surface area contributed by atoms with Crippen LogP contribution in [0.3, 0.4) is 0 Å². The number of hydrogen-bond acceptors (Lipinski definition) is 5. The highest BCUT2D eigenvalue weighted by Gasteiger charge is 2.28. The summed E-state index contributed by atoms with van der Waals surface area (Å²) < 4.78 is 0. The molecule has 6 nitrogen and oxygen atoms in total. The van der Waals surface area contributed by atoms with E-state index in [2.05, 4.69) is 33.5 Å². The highest BCUT2D eigenvalue weighted by atomic mass is 127. The van der Waals surface area contributed by atoms with Crippen molar-refractivity contribution in [1.82, 2.24) is 14.8 Å². The summed E-state index contributed by atoms with van der Waals surface area (Å²) in [5, 5.41) is 3.14. The number of halogens is 1. The lowest BCUT2D eigenvalue weighted by atomic mass is 9.99. The standard InChI is InChI=1S/C17H30N6S.HI/c1-17(2,23-7-4-3-5-8-23)14-20-15(18)21-9-11-22(12-10-21)16-19-6-13-24-16;/h6,13H,3-5,7-12,14H2,1-2H3,(H2,18,20);1H. The molecule has 2 aliphatic heterocycles. The first-order valence-electron chi connectivity index (χ1n) is 9.01. The first-order chi connectivity index (χ1) is 11.6. The SMILES string of the molecule is CC(C)(CN=C(N)N1CCN(c2nccs2)CC1)N1CCCCC1.I. The summed E-state index contributed by atoms with van der Waals surface area (Å²) in [6, 6.07) is 0. The van der Waals surface area contributed by atoms with Gasteiger partial charge in [-0.2, -0.15) is 0 Å². The Hall–Kier alpha value is -0.610. The number of hydrogen-bond donors (Lipinski definition) is 1. The quantitative estimate of drug-likeness (QED) is 0.410. The van der Waals surface area contributed by atoms with Gasteiger partial charge in [-0.05, 0) is 39.8 Å². The molecule has 2 N–H and O–H groups in total. The Morgan fingerprint density at radius 1 is 1.16 bits per heavy atom. The van der Waals surface area contributed by atoms with E-state index >= 15 is 0 Å². The van der Waals surface area contributed by atoms with Gasteiger partial charge in [0.15, 0.2) is 11.1 Å². The van der Waals surface area contributed by atoms with Crippen LogP contribution in [0.15, 0.2) is 16.6 Å². The Bertz CT molecular complexity index is 533. The molecule has 2 saturated heterocycles. The minimum absolute atomic E-state index is 0. The van der Waals surface area contributed by atoms with Gasteiger partial charge < -0.3 is 15.5 Å². The molecule has 0 spiro atoms. The highest BCUT2D eigenvalue weighted by Crippen LogP contribution is 2.21. The number of nitrogens with zero attached hydrogens (tertiary/aromatic N) is 5. The molecular weight excluding hydrogens is 447 g/mol. The lowest BCUT2D eigenvalue weighted by Gasteiger charge is -2.40. The number of nitrogens with two attached hydrogens (primary N) is 1. The maximum Gasteiger partial charge on any atom is 0.191 e. The predicted molar refractivity (Wildman–Crippen MR) is 117 cm³/mol. The third-order valence-electron chi connectivity index (χ3n) is 5.13. The van der Waals surface area contributed by atoms with Crippen molar-refractivity contribution in [2.75, 3.05) is 50.7 Å². The van der Waals surface area contributed by atoms with Gasteiger partial charge >= 0.3 is 0 Å². The van der Waals surface area contributed by atoms with Crippen molar-refractivity contribution < 1.29 is 0 Å². The van der Waals surface area contributed by atoms with E-state index in [0.717, 1.165) is 37.9 Å². The van der Waals surface area contributed by atoms with Gasteiger partial charge in [-0.15, -0.1) is 35.3 Å². The molecule has 0 atom stereocenters. The van der Waals surface area contributed by atoms with Crippen LogP contribution in [-0.2, 0) is 0 Å². The van der Waals surface area contributed by atoms with Crippen molar-refractivity contribution in [1.29, 1.82) is 0 Å². The van der Waals surface area contributed by atoms with Crippen molar-refractivity contribution in [3.63, 3.8) is 0 Å². The van der Waals surface area contributed by atoms with Crippen LogP contribution in [-0.4, -0.2) is 72.1 Å². The summed E-state index contributed by atoms with van der Waals surface area (Å²) in [5.41, 5.74) is 6.37. The number of piperazine rings is 1. The molecule has 0 saturated carbocycles. The van der Waals surface area contributed by atoms with Gasteiger partial charge in [0.05, 0.1) is 6.54 Å². The number of likely N-dealkylation sites (tertiary alicyclic amines) is 1. The van der Waals surface area contributed by atoms with E-state index in [1.165, 1.54) is 32.4 Å². The molecule has 0 radical (unpaired) electrons. The average molecular weight is 478 g/mol. The Morgan fingerprint density at radius 2 is 1.84 bits per heavy atom. The molecule has 0 amide bonds. The largest absolute Gasteiger partial charge is 0.370 e. The molecular formula is C17H31IN6S. The van der Waals surface area contributed by atoms with Crippen molar-refractivity contribution in [3.8, 4) is 0 Å². The Kier molecular flexibility index (Phi) is 7.75. The summed E-state index contributed by atoms with van der Waals surface area (Å²) in [6.07, 6.45) is 5.84. The molecule has 1 aromatic heterocycles. The van der Waals surface area contributed by atoms with E-state index < -0.39 is 0 Å². The van der Waals surface area contributed by atoms with Crippen LogP contribution in [0.25, 0.3) is 0 Å². The number of rotatable bonds is 4. The third kappa shape index (κ3) is 5.43. The molecule has 3 rings (SSSR count). The molecule has 25 heavy (non-hydrogen) atoms. The smallest absolute Gasteiger partial charge is 0.191 e. The number of anilines is 1. The molecule has 1 aromatic rings. The zero-order chi connectivity index (χ0) is 17.0. The number of aromatic nitrogens is 1. The zero-order valence-corrected chi connectivity index (χ0v) is 18.5. The molecule has 3 heterocycles. The maximum absolute atomic E-state index is 6.28. The normalized spacial score (nSPS) is 20.5. The van der Waals surface area contributed by atoms with Gasteiger partial charge in [0.2, 0.25) is 0 Å². The number of guanidine groups is 1. The topological polar surface area (TPSA) is 61.0 Å². The Balaban J connectivity index is 0.00000225. The molecule has 0 aromatic carbocycles. The van der Waals surface area contributed by atoms with Crippen LogP contribution in [0.5, 0.6) is 0 Å². The van der Waals surface area contributed by atoms with E-state index in [4.69, 9.17) is 10.7 Å². The number of piperidine rings is 1. The summed E-state index contributed by atoms with van der Waals surface area (Å²) in [5.74, 6) is 0.693. The van der Waals surface area contributed by atoms with E-state index in [1.54, 1.807) is 11.3 Å². The van der Waals surface area contributed by atoms with Crippen molar-refractivity contribution in [2.45, 2.75) is 38.6 Å². The van der Waals surface area contributed by atoms with E-state index in [-0.39, 0.29) is 29.5 Å². The van der Waals surface area contributed by atoms with Crippen LogP contribution in [0.2, 0.25) is 0 Å². The fraction of sp³-hybridized carbons (Fsp3) is 0.765. The minimum Gasteiger partial charge on any atom is -0.370 e. The summed E-state index contributed by atoms with van der Waals surface area (Å²) in [7, 11) is 0. The molecule has 8 heteroatoms. The van der Waals surface area contributed by atoms with E-state index in [0.29, 0.717) is 5.96 Å². The second kappa shape index (κ2) is 9.36. The fourth-order valence-electron chi connectivity index (χ4n) is 3.47. The van der Waals surface area contributed by atoms with Gasteiger partial charge in [-0.1, -0.05) is 6.42 Å². The first-order valence-corrected chi connectivity index (χ1v) is 9.88. The van der Waals surface area contributed by atoms with Crippen molar-refractivity contribution in [2.24, 2.45) is 10.7 Å². The van der Waals surface area contributed by atoms with Crippen LogP contribution < -0.4 is 10.6 Å².